The highest BCUT2D eigenvalue weighted by molar-refractivity contribution is 6.28. The summed E-state index contributed by atoms with van der Waals surface area (Å²) in [6, 6.07) is -0.453. The monoisotopic (exact) mass is 205 g/mol. The van der Waals surface area contributed by atoms with E-state index in [1.165, 1.54) is 0 Å². The third-order valence-corrected chi connectivity index (χ3v) is 1.85. The Bertz CT molecular complexity index is 184. The van der Waals surface area contributed by atoms with Gasteiger partial charge in [-0.1, -0.05) is 6.58 Å². The van der Waals surface area contributed by atoms with Crippen molar-refractivity contribution in [3.8, 4) is 0 Å². The first-order valence-corrected chi connectivity index (χ1v) is 4.64. The van der Waals surface area contributed by atoms with Crippen LogP contribution in [-0.4, -0.2) is 24.2 Å². The van der Waals surface area contributed by atoms with Crippen molar-refractivity contribution in [1.82, 2.24) is 5.32 Å². The topological polar surface area (TPSA) is 81.1 Å². The van der Waals surface area contributed by atoms with Crippen LogP contribution < -0.4 is 16.8 Å². The van der Waals surface area contributed by atoms with Crippen molar-refractivity contribution in [2.75, 3.05) is 12.4 Å². The minimum Gasteiger partial charge on any atom is -0.386 e. The highest BCUT2D eigenvalue weighted by Crippen LogP contribution is 1.96. The smallest absolute Gasteiger partial charge is 0.164 e. The van der Waals surface area contributed by atoms with E-state index in [1.54, 1.807) is 0 Å². The summed E-state index contributed by atoms with van der Waals surface area (Å²) < 4.78 is 0. The first-order valence-electron chi connectivity index (χ1n) is 4.10. The summed E-state index contributed by atoms with van der Waals surface area (Å²) in [6.07, 6.45) is 1.39. The minimum atomic E-state index is -0.453. The summed E-state index contributed by atoms with van der Waals surface area (Å²) in [4.78, 5) is 10.9. The molecule has 0 unspecified atom stereocenters. The SMILES string of the molecule is C=C(N)NCCC[C@H](N)C(=O)CCl. The molecule has 1 atom stereocenters. The largest absolute Gasteiger partial charge is 0.386 e. The van der Waals surface area contributed by atoms with Crippen molar-refractivity contribution in [3.05, 3.63) is 12.4 Å². The molecule has 0 aromatic rings. The third-order valence-electron chi connectivity index (χ3n) is 1.59. The molecule has 0 amide bonds. The second-order valence-corrected chi connectivity index (χ2v) is 3.07. The van der Waals surface area contributed by atoms with Crippen molar-refractivity contribution in [2.24, 2.45) is 11.5 Å². The Morgan fingerprint density at radius 2 is 2.23 bits per heavy atom. The molecule has 0 saturated heterocycles. The molecule has 0 heterocycles. The molecule has 0 aliphatic rings. The summed E-state index contributed by atoms with van der Waals surface area (Å²) in [7, 11) is 0. The van der Waals surface area contributed by atoms with E-state index in [0.29, 0.717) is 18.8 Å². The van der Waals surface area contributed by atoms with Crippen molar-refractivity contribution in [2.45, 2.75) is 18.9 Å². The number of ketones is 1. The fraction of sp³-hybridized carbons (Fsp3) is 0.625. The van der Waals surface area contributed by atoms with E-state index in [4.69, 9.17) is 23.1 Å². The van der Waals surface area contributed by atoms with Gasteiger partial charge in [0.25, 0.3) is 0 Å². The van der Waals surface area contributed by atoms with Gasteiger partial charge in [-0.25, -0.2) is 0 Å². The number of nitrogens with one attached hydrogen (secondary N) is 1. The van der Waals surface area contributed by atoms with Gasteiger partial charge in [0.2, 0.25) is 0 Å². The van der Waals surface area contributed by atoms with E-state index in [0.717, 1.165) is 6.42 Å². The van der Waals surface area contributed by atoms with Gasteiger partial charge in [0, 0.05) is 6.54 Å². The molecule has 76 valence electrons. The van der Waals surface area contributed by atoms with E-state index >= 15 is 0 Å². The van der Waals surface area contributed by atoms with Crippen LogP contribution in [-0.2, 0) is 4.79 Å². The van der Waals surface area contributed by atoms with Gasteiger partial charge in [-0.15, -0.1) is 11.6 Å². The maximum absolute atomic E-state index is 10.9. The van der Waals surface area contributed by atoms with Crippen molar-refractivity contribution < 1.29 is 4.79 Å². The van der Waals surface area contributed by atoms with Gasteiger partial charge in [0.05, 0.1) is 17.7 Å². The van der Waals surface area contributed by atoms with Crippen LogP contribution in [0.15, 0.2) is 12.4 Å². The molecule has 0 aromatic heterocycles. The van der Waals surface area contributed by atoms with Crippen LogP contribution in [0.25, 0.3) is 0 Å². The Morgan fingerprint density at radius 3 is 2.69 bits per heavy atom. The number of Topliss-reactive ketones (excluding diaryl/α,β-unsaturated/α-hetero) is 1. The lowest BCUT2D eigenvalue weighted by Gasteiger charge is -2.09. The van der Waals surface area contributed by atoms with Crippen molar-refractivity contribution in [1.29, 1.82) is 0 Å². The Labute approximate surface area is 83.3 Å². The third kappa shape index (κ3) is 6.42. The van der Waals surface area contributed by atoms with Crippen LogP contribution in [0.1, 0.15) is 12.8 Å². The molecule has 0 saturated carbocycles. The molecule has 5 heteroatoms. The van der Waals surface area contributed by atoms with E-state index in [2.05, 4.69) is 11.9 Å². The molecule has 0 fully saturated rings. The minimum absolute atomic E-state index is 0.0157. The molecular weight excluding hydrogens is 190 g/mol. The molecule has 13 heavy (non-hydrogen) atoms. The predicted octanol–water partition coefficient (Wildman–Crippen LogP) is -0.0787. The maximum atomic E-state index is 10.9. The zero-order valence-electron chi connectivity index (χ0n) is 7.55. The highest BCUT2D eigenvalue weighted by Gasteiger charge is 2.10. The lowest BCUT2D eigenvalue weighted by atomic mass is 10.1. The summed E-state index contributed by atoms with van der Waals surface area (Å²) in [6.45, 7) is 4.15. The van der Waals surface area contributed by atoms with Crippen molar-refractivity contribution >= 4 is 17.4 Å². The van der Waals surface area contributed by atoms with E-state index in [1.807, 2.05) is 0 Å². The standard InChI is InChI=1S/C8H16ClN3O/c1-6(10)12-4-2-3-7(11)8(13)5-9/h7,12H,1-5,10-11H2/t7-/m0/s1. The Morgan fingerprint density at radius 1 is 1.62 bits per heavy atom. The summed E-state index contributed by atoms with van der Waals surface area (Å²) in [5.74, 6) is 0.295. The zero-order chi connectivity index (χ0) is 10.3. The van der Waals surface area contributed by atoms with E-state index in [-0.39, 0.29) is 11.7 Å². The molecule has 0 aliphatic heterocycles. The van der Waals surface area contributed by atoms with Gasteiger partial charge < -0.3 is 16.8 Å². The Kier molecular flexibility index (Phi) is 6.36. The normalized spacial score (nSPS) is 12.2. The average Bonchev–Trinajstić information content (AvgIpc) is 2.10. The first-order chi connectivity index (χ1) is 6.07. The predicted molar refractivity (Wildman–Crippen MR) is 54.3 cm³/mol. The number of carbonyl (C=O) groups excluding carboxylic acids is 1. The fourth-order valence-electron chi connectivity index (χ4n) is 0.831. The van der Waals surface area contributed by atoms with Gasteiger partial charge in [0.1, 0.15) is 0 Å². The number of halogens is 1. The van der Waals surface area contributed by atoms with Gasteiger partial charge in [-0.3, -0.25) is 4.79 Å². The second-order valence-electron chi connectivity index (χ2n) is 2.80. The van der Waals surface area contributed by atoms with Gasteiger partial charge in [-0.05, 0) is 12.8 Å². The van der Waals surface area contributed by atoms with Gasteiger partial charge in [0.15, 0.2) is 5.78 Å². The summed E-state index contributed by atoms with van der Waals surface area (Å²) in [5.41, 5.74) is 10.8. The molecule has 0 radical (unpaired) electrons. The van der Waals surface area contributed by atoms with Gasteiger partial charge in [-0.2, -0.15) is 0 Å². The summed E-state index contributed by atoms with van der Waals surface area (Å²) in [5, 5.41) is 2.84. The molecular formula is C8H16ClN3O. The van der Waals surface area contributed by atoms with Crippen LogP contribution in [0.4, 0.5) is 0 Å². The lowest BCUT2D eigenvalue weighted by Crippen LogP contribution is -2.32. The Balaban J connectivity index is 3.42. The number of alkyl halides is 1. The fourth-order valence-corrected chi connectivity index (χ4v) is 1.03. The molecule has 0 bridgehead atoms. The second kappa shape index (κ2) is 6.74. The molecule has 0 rings (SSSR count). The lowest BCUT2D eigenvalue weighted by molar-refractivity contribution is -0.118. The Hall–Kier alpha value is -0.740. The number of nitrogens with two attached hydrogens (primary N) is 2. The number of hydrogen-bond acceptors (Lipinski definition) is 4. The van der Waals surface area contributed by atoms with Crippen LogP contribution in [0.5, 0.6) is 0 Å². The molecule has 5 N–H and O–H groups in total. The number of rotatable bonds is 7. The van der Waals surface area contributed by atoms with Gasteiger partial charge >= 0.3 is 0 Å². The molecule has 0 aromatic carbocycles. The van der Waals surface area contributed by atoms with Crippen molar-refractivity contribution in [3.63, 3.8) is 0 Å². The van der Waals surface area contributed by atoms with E-state index < -0.39 is 6.04 Å². The van der Waals surface area contributed by atoms with Crippen LogP contribution in [0, 0.1) is 0 Å². The zero-order valence-corrected chi connectivity index (χ0v) is 8.31. The maximum Gasteiger partial charge on any atom is 0.164 e. The highest BCUT2D eigenvalue weighted by atomic mass is 35.5. The first kappa shape index (κ1) is 12.3. The van der Waals surface area contributed by atoms with Crippen LogP contribution >= 0.6 is 11.6 Å². The average molecular weight is 206 g/mol. The molecule has 4 nitrogen and oxygen atoms in total. The van der Waals surface area contributed by atoms with Crippen LogP contribution in [0.3, 0.4) is 0 Å². The molecule has 0 spiro atoms. The van der Waals surface area contributed by atoms with E-state index in [9.17, 15) is 4.79 Å². The summed E-state index contributed by atoms with van der Waals surface area (Å²) >= 11 is 5.33. The number of hydrogen-bond donors (Lipinski definition) is 3. The quantitative estimate of drug-likeness (QED) is 0.401. The number of carbonyl (C=O) groups is 1. The molecule has 0 aliphatic carbocycles. The van der Waals surface area contributed by atoms with Crippen LogP contribution in [0.2, 0.25) is 0 Å².